The van der Waals surface area contributed by atoms with Gasteiger partial charge in [-0.1, -0.05) is 0 Å². The topological polar surface area (TPSA) is 143 Å². The Hall–Kier alpha value is -2.75. The zero-order valence-corrected chi connectivity index (χ0v) is 10.5. The fourth-order valence-electron chi connectivity index (χ4n) is 1.82. The van der Waals surface area contributed by atoms with Gasteiger partial charge in [0, 0.05) is 13.1 Å². The lowest BCUT2D eigenvalue weighted by atomic mass is 10.2. The number of carbonyl (C=O) groups excluding carboxylic acids is 2. The monoisotopic (exact) mass is 280 g/mol. The lowest BCUT2D eigenvalue weighted by Gasteiger charge is -2.12. The van der Waals surface area contributed by atoms with Crippen LogP contribution >= 0.6 is 0 Å². The molecule has 4 N–H and O–H groups in total. The average molecular weight is 280 g/mol. The number of nitrogens with two attached hydrogens (primary N) is 1. The third-order valence-corrected chi connectivity index (χ3v) is 2.91. The van der Waals surface area contributed by atoms with Crippen molar-refractivity contribution in [3.8, 4) is 0 Å². The molecule has 0 aromatic carbocycles. The van der Waals surface area contributed by atoms with E-state index in [1.54, 1.807) is 0 Å². The highest BCUT2D eigenvalue weighted by Gasteiger charge is 2.37. The molecule has 2 amide bonds. The van der Waals surface area contributed by atoms with Crippen molar-refractivity contribution in [3.05, 3.63) is 22.2 Å². The number of nitro groups is 1. The Morgan fingerprint density at radius 3 is 2.70 bits per heavy atom. The minimum Gasteiger partial charge on any atom is -0.352 e. The molecule has 1 atom stereocenters. The first-order valence-corrected chi connectivity index (χ1v) is 5.63. The molecule has 20 heavy (non-hydrogen) atoms. The van der Waals surface area contributed by atoms with Crippen LogP contribution in [-0.4, -0.2) is 39.7 Å². The van der Waals surface area contributed by atoms with Gasteiger partial charge in [0.25, 0.3) is 5.91 Å². The second-order valence-corrected chi connectivity index (χ2v) is 4.16. The van der Waals surface area contributed by atoms with Crippen molar-refractivity contribution in [3.63, 3.8) is 0 Å². The Morgan fingerprint density at radius 1 is 1.50 bits per heavy atom. The number of hydrazine groups is 1. The first-order valence-electron chi connectivity index (χ1n) is 5.63. The van der Waals surface area contributed by atoms with Crippen molar-refractivity contribution in [1.29, 1.82) is 0 Å². The Balaban J connectivity index is 2.30. The third kappa shape index (κ3) is 2.36. The molecule has 10 heteroatoms. The number of anilines is 2. The van der Waals surface area contributed by atoms with Crippen LogP contribution in [0.2, 0.25) is 0 Å². The summed E-state index contributed by atoms with van der Waals surface area (Å²) in [4.78, 5) is 38.3. The number of nitrogen functional groups attached to an aromatic ring is 1. The molecule has 1 aliphatic rings. The van der Waals surface area contributed by atoms with Gasteiger partial charge >= 0.3 is 5.69 Å². The molecule has 1 unspecified atom stereocenters. The predicted octanol–water partition coefficient (Wildman–Crippen LogP) is -0.555. The molecule has 0 saturated carbocycles. The Labute approximate surface area is 113 Å². The van der Waals surface area contributed by atoms with E-state index in [0.29, 0.717) is 0 Å². The lowest BCUT2D eigenvalue weighted by Crippen LogP contribution is -2.32. The normalized spacial score (nSPS) is 18.3. The predicted molar refractivity (Wildman–Crippen MR) is 68.5 cm³/mol. The summed E-state index contributed by atoms with van der Waals surface area (Å²) >= 11 is 0. The van der Waals surface area contributed by atoms with Crippen LogP contribution in [0.3, 0.4) is 0 Å². The summed E-state index contributed by atoms with van der Waals surface area (Å²) < 4.78 is 0. The SMILES string of the molecule is CN1C(=O)CC(Nc2nc(NN)ccc2[N+](=O)[O-])C1=O. The summed E-state index contributed by atoms with van der Waals surface area (Å²) in [6, 6.07) is 1.67. The van der Waals surface area contributed by atoms with Gasteiger partial charge in [0.05, 0.1) is 11.3 Å². The van der Waals surface area contributed by atoms with Crippen molar-refractivity contribution in [1.82, 2.24) is 9.88 Å². The van der Waals surface area contributed by atoms with Crippen LogP contribution in [0.1, 0.15) is 6.42 Å². The molecule has 2 heterocycles. The highest BCUT2D eigenvalue weighted by Crippen LogP contribution is 2.26. The molecular weight excluding hydrogens is 268 g/mol. The Bertz CT molecular complexity index is 589. The fraction of sp³-hybridized carbons (Fsp3) is 0.300. The zero-order chi connectivity index (χ0) is 14.9. The van der Waals surface area contributed by atoms with Crippen LogP contribution in [-0.2, 0) is 9.59 Å². The summed E-state index contributed by atoms with van der Waals surface area (Å²) in [6.07, 6.45) is -0.0750. The molecule has 1 saturated heterocycles. The third-order valence-electron chi connectivity index (χ3n) is 2.91. The van der Waals surface area contributed by atoms with Gasteiger partial charge in [-0.15, -0.1) is 0 Å². The van der Waals surface area contributed by atoms with Crippen LogP contribution in [0.25, 0.3) is 0 Å². The molecule has 0 radical (unpaired) electrons. The second kappa shape index (κ2) is 5.09. The van der Waals surface area contributed by atoms with E-state index in [-0.39, 0.29) is 29.7 Å². The number of imide groups is 1. The maximum atomic E-state index is 11.8. The average Bonchev–Trinajstić information content (AvgIpc) is 2.66. The Morgan fingerprint density at radius 2 is 2.20 bits per heavy atom. The second-order valence-electron chi connectivity index (χ2n) is 4.16. The highest BCUT2D eigenvalue weighted by atomic mass is 16.6. The number of hydrogen-bond acceptors (Lipinski definition) is 8. The van der Waals surface area contributed by atoms with Crippen LogP contribution in [0.5, 0.6) is 0 Å². The van der Waals surface area contributed by atoms with Gasteiger partial charge in [0.1, 0.15) is 11.9 Å². The van der Waals surface area contributed by atoms with Gasteiger partial charge in [-0.3, -0.25) is 24.6 Å². The van der Waals surface area contributed by atoms with Crippen LogP contribution < -0.4 is 16.6 Å². The number of aromatic nitrogens is 1. The van der Waals surface area contributed by atoms with Crippen molar-refractivity contribution >= 4 is 29.1 Å². The van der Waals surface area contributed by atoms with Crippen molar-refractivity contribution in [2.75, 3.05) is 17.8 Å². The number of hydrogen-bond donors (Lipinski definition) is 3. The number of pyridine rings is 1. The smallest absolute Gasteiger partial charge is 0.311 e. The van der Waals surface area contributed by atoms with E-state index < -0.39 is 16.9 Å². The van der Waals surface area contributed by atoms with E-state index in [1.165, 1.54) is 19.2 Å². The van der Waals surface area contributed by atoms with Gasteiger partial charge in [-0.2, -0.15) is 0 Å². The molecule has 106 valence electrons. The van der Waals surface area contributed by atoms with Crippen LogP contribution in [0, 0.1) is 10.1 Å². The van der Waals surface area contributed by atoms with Crippen molar-refractivity contribution in [2.24, 2.45) is 5.84 Å². The van der Waals surface area contributed by atoms with Gasteiger partial charge in [0.15, 0.2) is 0 Å². The largest absolute Gasteiger partial charge is 0.352 e. The molecule has 0 spiro atoms. The number of likely N-dealkylation sites (N-methyl/N-ethyl adjacent to an activating group) is 1. The molecule has 1 fully saturated rings. The summed E-state index contributed by atoms with van der Waals surface area (Å²) in [7, 11) is 1.35. The molecule has 10 nitrogen and oxygen atoms in total. The Kier molecular flexibility index (Phi) is 3.48. The number of nitrogens with zero attached hydrogens (tertiary/aromatic N) is 3. The summed E-state index contributed by atoms with van der Waals surface area (Å²) in [5.74, 6) is 4.44. The molecule has 0 bridgehead atoms. The van der Waals surface area contributed by atoms with Crippen molar-refractivity contribution in [2.45, 2.75) is 12.5 Å². The molecule has 1 aromatic rings. The van der Waals surface area contributed by atoms with Gasteiger partial charge in [0.2, 0.25) is 11.7 Å². The van der Waals surface area contributed by atoms with E-state index in [0.717, 1.165) is 4.90 Å². The maximum Gasteiger partial charge on any atom is 0.311 e. The first-order chi connectivity index (χ1) is 9.43. The summed E-state index contributed by atoms with van der Waals surface area (Å²) in [6.45, 7) is 0. The van der Waals surface area contributed by atoms with Crippen molar-refractivity contribution < 1.29 is 14.5 Å². The number of likely N-dealkylation sites (tertiary alicyclic amines) is 1. The van der Waals surface area contributed by atoms with Gasteiger partial charge in [-0.25, -0.2) is 10.8 Å². The number of amides is 2. The van der Waals surface area contributed by atoms with Gasteiger partial charge in [-0.05, 0) is 6.07 Å². The number of carbonyl (C=O) groups is 2. The molecular formula is C10H12N6O4. The zero-order valence-electron chi connectivity index (χ0n) is 10.5. The quantitative estimate of drug-likeness (QED) is 0.288. The van der Waals surface area contributed by atoms with E-state index in [4.69, 9.17) is 5.84 Å². The fourth-order valence-corrected chi connectivity index (χ4v) is 1.82. The van der Waals surface area contributed by atoms with E-state index in [1.807, 2.05) is 0 Å². The molecule has 1 aromatic heterocycles. The molecule has 0 aliphatic carbocycles. The van der Waals surface area contributed by atoms with Crippen LogP contribution in [0.15, 0.2) is 12.1 Å². The molecule has 1 aliphatic heterocycles. The lowest BCUT2D eigenvalue weighted by molar-refractivity contribution is -0.384. The summed E-state index contributed by atoms with van der Waals surface area (Å²) in [5, 5.41) is 13.5. The minimum atomic E-state index is -0.869. The van der Waals surface area contributed by atoms with E-state index in [2.05, 4.69) is 15.7 Å². The highest BCUT2D eigenvalue weighted by molar-refractivity contribution is 6.06. The number of rotatable bonds is 4. The van der Waals surface area contributed by atoms with Gasteiger partial charge < -0.3 is 10.7 Å². The number of nitrogens with one attached hydrogen (secondary N) is 2. The van der Waals surface area contributed by atoms with E-state index >= 15 is 0 Å². The standard InChI is InChI=1S/C10H12N6O4/c1-15-8(17)4-5(10(15)18)12-9-6(16(19)20)2-3-7(13-9)14-11/h2-3,5H,4,11H2,1H3,(H2,12,13,14). The molecule has 2 rings (SSSR count). The minimum absolute atomic E-state index is 0.0750. The van der Waals surface area contributed by atoms with E-state index in [9.17, 15) is 19.7 Å². The summed E-state index contributed by atoms with van der Waals surface area (Å²) in [5.41, 5.74) is 1.94. The first kappa shape index (κ1) is 13.7. The van der Waals surface area contributed by atoms with Crippen LogP contribution in [0.4, 0.5) is 17.3 Å². The maximum absolute atomic E-state index is 11.8.